The summed E-state index contributed by atoms with van der Waals surface area (Å²) >= 11 is 3.45. The Kier molecular flexibility index (Phi) is 4.33. The van der Waals surface area contributed by atoms with Crippen LogP contribution in [0.25, 0.3) is 10.6 Å². The molecule has 0 bridgehead atoms. The molecule has 1 aliphatic carbocycles. The van der Waals surface area contributed by atoms with Crippen LogP contribution in [0.3, 0.4) is 0 Å². The number of thiazole rings is 2. The van der Waals surface area contributed by atoms with E-state index in [1.807, 2.05) is 0 Å². The highest BCUT2D eigenvalue weighted by molar-refractivity contribution is 7.17. The van der Waals surface area contributed by atoms with Crippen LogP contribution >= 0.6 is 22.7 Å². The first-order valence-corrected chi connectivity index (χ1v) is 8.69. The molecule has 2 aromatic heterocycles. The number of rotatable bonds is 7. The van der Waals surface area contributed by atoms with Crippen LogP contribution in [0.4, 0.5) is 5.13 Å². The molecule has 0 radical (unpaired) electrons. The fourth-order valence-corrected chi connectivity index (χ4v) is 4.00. The van der Waals surface area contributed by atoms with Crippen molar-refractivity contribution in [2.75, 3.05) is 19.0 Å². The van der Waals surface area contributed by atoms with Gasteiger partial charge in [0.15, 0.2) is 5.13 Å². The molecule has 0 amide bonds. The van der Waals surface area contributed by atoms with Crippen molar-refractivity contribution in [2.45, 2.75) is 38.7 Å². The number of methoxy groups -OCH3 is 1. The third-order valence-electron chi connectivity index (χ3n) is 3.18. The summed E-state index contributed by atoms with van der Waals surface area (Å²) in [6.07, 6.45) is 3.66. The topological polar surface area (TPSA) is 47.0 Å². The van der Waals surface area contributed by atoms with E-state index in [-0.39, 0.29) is 0 Å². The van der Waals surface area contributed by atoms with Crippen molar-refractivity contribution in [3.8, 4) is 10.6 Å². The van der Waals surface area contributed by atoms with Crippen LogP contribution in [0.2, 0.25) is 0 Å². The first-order chi connectivity index (χ1) is 9.81. The molecule has 20 heavy (non-hydrogen) atoms. The van der Waals surface area contributed by atoms with E-state index in [0.29, 0.717) is 12.5 Å². The number of anilines is 1. The molecule has 108 valence electrons. The van der Waals surface area contributed by atoms with Crippen LogP contribution in [0.5, 0.6) is 0 Å². The van der Waals surface area contributed by atoms with Crippen molar-refractivity contribution in [1.82, 2.24) is 9.97 Å². The van der Waals surface area contributed by atoms with Crippen molar-refractivity contribution >= 4 is 27.8 Å². The monoisotopic (exact) mass is 309 g/mol. The number of nitrogens with one attached hydrogen (secondary N) is 1. The Bertz CT molecular complexity index is 575. The molecule has 2 heterocycles. The molecule has 1 fully saturated rings. The van der Waals surface area contributed by atoms with Crippen LogP contribution in [0, 0.1) is 0 Å². The maximum absolute atomic E-state index is 5.28. The normalized spacial score (nSPS) is 14.7. The zero-order valence-corrected chi connectivity index (χ0v) is 13.4. The number of hydrogen-bond donors (Lipinski definition) is 1. The molecule has 6 heteroatoms. The molecule has 0 atom stereocenters. The molecular weight excluding hydrogens is 290 g/mol. The fraction of sp³-hybridized carbons (Fsp3) is 0.571. The SMILES string of the molecule is CCCNc1nc(-c2sc(C3CC3)nc2COC)cs1. The summed E-state index contributed by atoms with van der Waals surface area (Å²) in [6, 6.07) is 0. The summed E-state index contributed by atoms with van der Waals surface area (Å²) in [7, 11) is 1.72. The van der Waals surface area contributed by atoms with Gasteiger partial charge in [0.05, 0.1) is 27.9 Å². The molecule has 0 spiro atoms. The zero-order chi connectivity index (χ0) is 13.9. The van der Waals surface area contributed by atoms with E-state index in [0.717, 1.165) is 29.5 Å². The summed E-state index contributed by atoms with van der Waals surface area (Å²) in [4.78, 5) is 10.6. The zero-order valence-electron chi connectivity index (χ0n) is 11.8. The first kappa shape index (κ1) is 14.0. The number of hydrogen-bond acceptors (Lipinski definition) is 6. The molecule has 1 N–H and O–H groups in total. The Balaban J connectivity index is 1.85. The minimum Gasteiger partial charge on any atom is -0.378 e. The number of aromatic nitrogens is 2. The molecule has 0 saturated heterocycles. The molecule has 0 aromatic carbocycles. The van der Waals surface area contributed by atoms with Gasteiger partial charge in [0, 0.05) is 25.0 Å². The van der Waals surface area contributed by atoms with Gasteiger partial charge >= 0.3 is 0 Å². The van der Waals surface area contributed by atoms with Gasteiger partial charge in [-0.15, -0.1) is 22.7 Å². The lowest BCUT2D eigenvalue weighted by atomic mass is 10.3. The van der Waals surface area contributed by atoms with Gasteiger partial charge in [0.25, 0.3) is 0 Å². The van der Waals surface area contributed by atoms with Crippen LogP contribution in [0.1, 0.15) is 42.8 Å². The van der Waals surface area contributed by atoms with Gasteiger partial charge in [-0.05, 0) is 19.3 Å². The summed E-state index contributed by atoms with van der Waals surface area (Å²) in [5, 5.41) is 7.70. The second-order valence-corrected chi connectivity index (χ2v) is 6.89. The number of nitrogens with zero attached hydrogens (tertiary/aromatic N) is 2. The second-order valence-electron chi connectivity index (χ2n) is 5.00. The second kappa shape index (κ2) is 6.20. The molecule has 1 aliphatic rings. The predicted octanol–water partition coefficient (Wildman–Crippen LogP) is 4.11. The minimum atomic E-state index is 0.563. The van der Waals surface area contributed by atoms with Crippen LogP contribution in [-0.2, 0) is 11.3 Å². The molecule has 0 unspecified atom stereocenters. The van der Waals surface area contributed by atoms with Crippen LogP contribution in [0.15, 0.2) is 5.38 Å². The third-order valence-corrected chi connectivity index (χ3v) is 5.27. The van der Waals surface area contributed by atoms with Gasteiger partial charge in [-0.25, -0.2) is 9.97 Å². The molecular formula is C14H19N3OS2. The quantitative estimate of drug-likeness (QED) is 0.836. The van der Waals surface area contributed by atoms with Crippen molar-refractivity contribution in [3.05, 3.63) is 16.1 Å². The summed E-state index contributed by atoms with van der Waals surface area (Å²) in [5.41, 5.74) is 2.07. The van der Waals surface area contributed by atoms with Crippen molar-refractivity contribution < 1.29 is 4.74 Å². The summed E-state index contributed by atoms with van der Waals surface area (Å²) < 4.78 is 5.28. The summed E-state index contributed by atoms with van der Waals surface area (Å²) in [6.45, 7) is 3.69. The third kappa shape index (κ3) is 3.02. The van der Waals surface area contributed by atoms with Gasteiger partial charge in [-0.1, -0.05) is 6.92 Å². The van der Waals surface area contributed by atoms with Gasteiger partial charge in [0.2, 0.25) is 0 Å². The highest BCUT2D eigenvalue weighted by Gasteiger charge is 2.29. The Morgan fingerprint density at radius 2 is 2.25 bits per heavy atom. The van der Waals surface area contributed by atoms with E-state index in [1.165, 1.54) is 22.7 Å². The van der Waals surface area contributed by atoms with Gasteiger partial charge in [0.1, 0.15) is 0 Å². The van der Waals surface area contributed by atoms with E-state index in [4.69, 9.17) is 9.72 Å². The molecule has 0 aliphatic heterocycles. The van der Waals surface area contributed by atoms with Crippen molar-refractivity contribution in [2.24, 2.45) is 0 Å². The smallest absolute Gasteiger partial charge is 0.183 e. The van der Waals surface area contributed by atoms with E-state index in [1.54, 1.807) is 29.8 Å². The van der Waals surface area contributed by atoms with Crippen molar-refractivity contribution in [1.29, 1.82) is 0 Å². The van der Waals surface area contributed by atoms with E-state index in [9.17, 15) is 0 Å². The van der Waals surface area contributed by atoms with Gasteiger partial charge in [-0.3, -0.25) is 0 Å². The molecule has 2 aromatic rings. The number of ether oxygens (including phenoxy) is 1. The molecule has 4 nitrogen and oxygen atoms in total. The average molecular weight is 309 g/mol. The lowest BCUT2D eigenvalue weighted by Gasteiger charge is -1.99. The maximum atomic E-state index is 5.28. The standard InChI is InChI=1S/C14H19N3OS2/c1-3-6-15-14-17-11(8-19-14)12-10(7-18-2)16-13(20-12)9-4-5-9/h8-9H,3-7H2,1-2H3,(H,15,17). The van der Waals surface area contributed by atoms with E-state index >= 15 is 0 Å². The van der Waals surface area contributed by atoms with E-state index < -0.39 is 0 Å². The highest BCUT2D eigenvalue weighted by Crippen LogP contribution is 2.45. The molecule has 1 saturated carbocycles. The molecule has 3 rings (SSSR count). The Morgan fingerprint density at radius 3 is 2.95 bits per heavy atom. The summed E-state index contributed by atoms with van der Waals surface area (Å²) in [5.74, 6) is 0.681. The predicted molar refractivity (Wildman–Crippen MR) is 84.7 cm³/mol. The van der Waals surface area contributed by atoms with E-state index in [2.05, 4.69) is 22.6 Å². The average Bonchev–Trinajstić information content (AvgIpc) is 3.05. The Labute approximate surface area is 127 Å². The first-order valence-electron chi connectivity index (χ1n) is 7.00. The van der Waals surface area contributed by atoms with Gasteiger partial charge in [-0.2, -0.15) is 0 Å². The fourth-order valence-electron chi connectivity index (χ4n) is 2.00. The Hall–Kier alpha value is -0.980. The van der Waals surface area contributed by atoms with Crippen molar-refractivity contribution in [3.63, 3.8) is 0 Å². The largest absolute Gasteiger partial charge is 0.378 e. The van der Waals surface area contributed by atoms with Gasteiger partial charge < -0.3 is 10.1 Å². The Morgan fingerprint density at radius 1 is 1.40 bits per heavy atom. The van der Waals surface area contributed by atoms with Crippen LogP contribution < -0.4 is 5.32 Å². The maximum Gasteiger partial charge on any atom is 0.183 e. The lowest BCUT2D eigenvalue weighted by molar-refractivity contribution is 0.182. The highest BCUT2D eigenvalue weighted by atomic mass is 32.1. The lowest BCUT2D eigenvalue weighted by Crippen LogP contribution is -1.98. The minimum absolute atomic E-state index is 0.563. The van der Waals surface area contributed by atoms with Crippen LogP contribution in [-0.4, -0.2) is 23.6 Å².